The van der Waals surface area contributed by atoms with Crippen LogP contribution in [0.5, 0.6) is 0 Å². The van der Waals surface area contributed by atoms with Gasteiger partial charge in [0.15, 0.2) is 0 Å². The summed E-state index contributed by atoms with van der Waals surface area (Å²) in [4.78, 5) is 10.9. The molecule has 0 heterocycles. The minimum atomic E-state index is -0.0604. The minimum Gasteiger partial charge on any atom is -0.353 e. The second-order valence-corrected chi connectivity index (χ2v) is 4.57. The molecule has 0 saturated carbocycles. The Morgan fingerprint density at radius 1 is 1.47 bits per heavy atom. The maximum Gasteiger partial charge on any atom is 0.243 e. The van der Waals surface area contributed by atoms with Crippen molar-refractivity contribution in [2.75, 3.05) is 6.54 Å². The molecule has 0 aromatic carbocycles. The van der Waals surface area contributed by atoms with Crippen molar-refractivity contribution in [3.05, 3.63) is 12.7 Å². The van der Waals surface area contributed by atoms with Crippen LogP contribution in [0.15, 0.2) is 12.7 Å². The average Bonchev–Trinajstić information content (AvgIpc) is 2.16. The summed E-state index contributed by atoms with van der Waals surface area (Å²) >= 11 is 0. The fourth-order valence-electron chi connectivity index (χ4n) is 1.93. The second kappa shape index (κ2) is 8.57. The molecule has 0 saturated heterocycles. The molecular weight excluding hydrogens is 185 g/mol. The molecule has 0 rings (SSSR count). The van der Waals surface area contributed by atoms with Gasteiger partial charge in [0.05, 0.1) is 0 Å². The van der Waals surface area contributed by atoms with Gasteiger partial charge in [0.25, 0.3) is 0 Å². The number of amides is 1. The quantitative estimate of drug-likeness (QED) is 0.483. The minimum absolute atomic E-state index is 0.0604. The summed E-state index contributed by atoms with van der Waals surface area (Å²) in [6, 6.07) is 0. The number of carbonyl (C=O) groups excluding carboxylic acids is 1. The molecule has 0 aliphatic rings. The van der Waals surface area contributed by atoms with E-state index in [0.29, 0.717) is 0 Å². The summed E-state index contributed by atoms with van der Waals surface area (Å²) in [6.07, 6.45) is 4.91. The van der Waals surface area contributed by atoms with Crippen molar-refractivity contribution in [1.29, 1.82) is 0 Å². The van der Waals surface area contributed by atoms with Crippen LogP contribution in [0.1, 0.15) is 40.0 Å². The first-order valence-electron chi connectivity index (χ1n) is 6.00. The predicted octanol–water partition coefficient (Wildman–Crippen LogP) is 2.53. The van der Waals surface area contributed by atoms with E-state index in [1.165, 1.54) is 26.2 Å². The lowest BCUT2D eigenvalue weighted by atomic mass is 9.54. The van der Waals surface area contributed by atoms with Gasteiger partial charge in [0, 0.05) is 6.54 Å². The summed E-state index contributed by atoms with van der Waals surface area (Å²) in [5, 5.41) is 2.84. The van der Waals surface area contributed by atoms with Crippen molar-refractivity contribution in [1.82, 2.24) is 5.32 Å². The Kier molecular flexibility index (Phi) is 8.16. The molecule has 0 spiro atoms. The third-order valence-electron chi connectivity index (χ3n) is 2.54. The van der Waals surface area contributed by atoms with E-state index in [-0.39, 0.29) is 5.91 Å². The topological polar surface area (TPSA) is 29.1 Å². The molecule has 0 fully saturated rings. The molecule has 0 aromatic heterocycles. The maximum absolute atomic E-state index is 10.9. The first-order valence-corrected chi connectivity index (χ1v) is 6.00. The molecule has 1 unspecified atom stereocenters. The van der Waals surface area contributed by atoms with Crippen molar-refractivity contribution < 1.29 is 4.79 Å². The van der Waals surface area contributed by atoms with Gasteiger partial charge in [-0.25, -0.2) is 0 Å². The largest absolute Gasteiger partial charge is 0.353 e. The molecule has 1 amide bonds. The summed E-state index contributed by atoms with van der Waals surface area (Å²) < 4.78 is 0. The van der Waals surface area contributed by atoms with E-state index in [2.05, 4.69) is 32.7 Å². The van der Waals surface area contributed by atoms with Gasteiger partial charge in [0.2, 0.25) is 5.91 Å². The molecule has 1 atom stereocenters. The van der Waals surface area contributed by atoms with Gasteiger partial charge in [0.1, 0.15) is 7.28 Å². The van der Waals surface area contributed by atoms with Gasteiger partial charge in [-0.3, -0.25) is 4.79 Å². The van der Waals surface area contributed by atoms with Gasteiger partial charge in [-0.1, -0.05) is 51.8 Å². The summed E-state index contributed by atoms with van der Waals surface area (Å²) in [6.45, 7) is 10.9. The van der Waals surface area contributed by atoms with E-state index < -0.39 is 0 Å². The molecule has 0 radical (unpaired) electrons. The third kappa shape index (κ3) is 8.28. The number of rotatable bonds is 8. The van der Waals surface area contributed by atoms with Gasteiger partial charge in [-0.15, -0.1) is 0 Å². The van der Waals surface area contributed by atoms with Crippen molar-refractivity contribution in [2.45, 2.75) is 51.7 Å². The van der Waals surface area contributed by atoms with Crippen LogP contribution in [-0.2, 0) is 4.79 Å². The highest BCUT2D eigenvalue weighted by Gasteiger charge is 2.11. The molecule has 0 aromatic rings. The molecule has 3 heteroatoms. The molecule has 2 nitrogen and oxygen atoms in total. The van der Waals surface area contributed by atoms with Crippen LogP contribution < -0.4 is 5.32 Å². The Morgan fingerprint density at radius 3 is 2.60 bits per heavy atom. The zero-order chi connectivity index (χ0) is 11.7. The van der Waals surface area contributed by atoms with Crippen molar-refractivity contribution in [3.8, 4) is 0 Å². The predicted molar refractivity (Wildman–Crippen MR) is 68.7 cm³/mol. The van der Waals surface area contributed by atoms with Crippen LogP contribution in [-0.4, -0.2) is 19.7 Å². The standard InChI is InChI=1S/C12H24BNO/c1-5-7-11(13-10(3)4)8-9-14-12(15)6-2/h6,10-11,13H,2,5,7-9H2,1,3-4H3,(H,14,15). The second-order valence-electron chi connectivity index (χ2n) is 4.57. The zero-order valence-electron chi connectivity index (χ0n) is 10.4. The Bertz CT molecular complexity index is 192. The Hall–Kier alpha value is -0.725. The Morgan fingerprint density at radius 2 is 2.13 bits per heavy atom. The molecule has 86 valence electrons. The summed E-state index contributed by atoms with van der Waals surface area (Å²) in [5.41, 5.74) is 0. The van der Waals surface area contributed by atoms with Crippen LogP contribution in [0.25, 0.3) is 0 Å². The summed E-state index contributed by atoms with van der Waals surface area (Å²) in [5.74, 6) is 1.44. The fraction of sp³-hybridized carbons (Fsp3) is 0.750. The van der Waals surface area contributed by atoms with E-state index in [9.17, 15) is 4.79 Å². The van der Waals surface area contributed by atoms with E-state index in [1.54, 1.807) is 0 Å². The van der Waals surface area contributed by atoms with E-state index >= 15 is 0 Å². The molecular formula is C12H24BNO. The van der Waals surface area contributed by atoms with E-state index in [4.69, 9.17) is 0 Å². The summed E-state index contributed by atoms with van der Waals surface area (Å²) in [7, 11) is 1.26. The van der Waals surface area contributed by atoms with Gasteiger partial charge in [-0.2, -0.15) is 0 Å². The third-order valence-corrected chi connectivity index (χ3v) is 2.54. The van der Waals surface area contributed by atoms with Gasteiger partial charge >= 0.3 is 0 Å². The van der Waals surface area contributed by atoms with Gasteiger partial charge < -0.3 is 5.32 Å². The van der Waals surface area contributed by atoms with Crippen LogP contribution in [0.3, 0.4) is 0 Å². The van der Waals surface area contributed by atoms with Crippen molar-refractivity contribution >= 4 is 13.2 Å². The molecule has 0 aliphatic carbocycles. The SMILES string of the molecule is C=CC(=O)NCCC(BC(C)C)CCC. The van der Waals surface area contributed by atoms with E-state index in [0.717, 1.165) is 24.6 Å². The number of nitrogens with one attached hydrogen (secondary N) is 1. The lowest BCUT2D eigenvalue weighted by Crippen LogP contribution is -2.24. The average molecular weight is 209 g/mol. The highest BCUT2D eigenvalue weighted by molar-refractivity contribution is 6.39. The first kappa shape index (κ1) is 14.3. The van der Waals surface area contributed by atoms with Crippen molar-refractivity contribution in [2.24, 2.45) is 0 Å². The highest BCUT2D eigenvalue weighted by Crippen LogP contribution is 2.20. The lowest BCUT2D eigenvalue weighted by molar-refractivity contribution is -0.116. The molecule has 1 N–H and O–H groups in total. The Balaban J connectivity index is 3.74. The molecule has 15 heavy (non-hydrogen) atoms. The maximum atomic E-state index is 10.9. The fourth-order valence-corrected chi connectivity index (χ4v) is 1.93. The number of hydrogen-bond donors (Lipinski definition) is 1. The zero-order valence-corrected chi connectivity index (χ0v) is 10.4. The first-order chi connectivity index (χ1) is 7.10. The highest BCUT2D eigenvalue weighted by atomic mass is 16.1. The smallest absolute Gasteiger partial charge is 0.243 e. The Labute approximate surface area is 94.8 Å². The van der Waals surface area contributed by atoms with Crippen LogP contribution >= 0.6 is 0 Å². The number of hydrogen-bond acceptors (Lipinski definition) is 1. The van der Waals surface area contributed by atoms with Gasteiger partial charge in [-0.05, 0) is 12.5 Å². The lowest BCUT2D eigenvalue weighted by Gasteiger charge is -2.16. The van der Waals surface area contributed by atoms with Crippen LogP contribution in [0.4, 0.5) is 0 Å². The molecule has 0 aliphatic heterocycles. The van der Waals surface area contributed by atoms with E-state index in [1.807, 2.05) is 0 Å². The number of carbonyl (C=O) groups is 1. The molecule has 0 bridgehead atoms. The normalized spacial score (nSPS) is 12.3. The monoisotopic (exact) mass is 209 g/mol. The van der Waals surface area contributed by atoms with Crippen LogP contribution in [0.2, 0.25) is 11.6 Å². The van der Waals surface area contributed by atoms with Crippen molar-refractivity contribution in [3.63, 3.8) is 0 Å². The van der Waals surface area contributed by atoms with Crippen LogP contribution in [0, 0.1) is 0 Å².